The van der Waals surface area contributed by atoms with Gasteiger partial charge in [0.15, 0.2) is 0 Å². The van der Waals surface area contributed by atoms with Gasteiger partial charge >= 0.3 is 0 Å². The van der Waals surface area contributed by atoms with Gasteiger partial charge < -0.3 is 10.1 Å². The first-order valence-corrected chi connectivity index (χ1v) is 5.20. The van der Waals surface area contributed by atoms with Crippen LogP contribution in [0, 0.1) is 5.92 Å². The van der Waals surface area contributed by atoms with E-state index in [0.29, 0.717) is 12.1 Å². The van der Waals surface area contributed by atoms with Crippen molar-refractivity contribution in [2.24, 2.45) is 5.92 Å². The SMILES string of the molecule is C=CC(C)NC(C)C1CCOCC1. The first-order valence-electron chi connectivity index (χ1n) is 5.20. The summed E-state index contributed by atoms with van der Waals surface area (Å²) in [6.07, 6.45) is 4.34. The molecule has 0 bridgehead atoms. The summed E-state index contributed by atoms with van der Waals surface area (Å²) in [6.45, 7) is 10.0. The Morgan fingerprint density at radius 2 is 2.00 bits per heavy atom. The van der Waals surface area contributed by atoms with Crippen molar-refractivity contribution in [3.8, 4) is 0 Å². The quantitative estimate of drug-likeness (QED) is 0.673. The van der Waals surface area contributed by atoms with Crippen LogP contribution in [0.25, 0.3) is 0 Å². The van der Waals surface area contributed by atoms with Crippen LogP contribution in [-0.4, -0.2) is 25.3 Å². The molecule has 0 spiro atoms. The van der Waals surface area contributed by atoms with Gasteiger partial charge in [-0.3, -0.25) is 0 Å². The lowest BCUT2D eigenvalue weighted by Crippen LogP contribution is -2.40. The zero-order valence-corrected chi connectivity index (χ0v) is 8.75. The third kappa shape index (κ3) is 3.49. The smallest absolute Gasteiger partial charge is 0.0469 e. The molecular weight excluding hydrogens is 162 g/mol. The average molecular weight is 183 g/mol. The molecule has 0 aromatic carbocycles. The van der Waals surface area contributed by atoms with E-state index in [4.69, 9.17) is 4.74 Å². The van der Waals surface area contributed by atoms with Crippen molar-refractivity contribution in [3.63, 3.8) is 0 Å². The van der Waals surface area contributed by atoms with E-state index >= 15 is 0 Å². The topological polar surface area (TPSA) is 21.3 Å². The molecule has 0 saturated carbocycles. The Hall–Kier alpha value is -0.340. The third-order valence-electron chi connectivity index (χ3n) is 2.85. The van der Waals surface area contributed by atoms with E-state index in [1.807, 2.05) is 6.08 Å². The van der Waals surface area contributed by atoms with Gasteiger partial charge in [-0.25, -0.2) is 0 Å². The van der Waals surface area contributed by atoms with E-state index in [2.05, 4.69) is 25.7 Å². The first-order chi connectivity index (χ1) is 6.24. The molecule has 1 heterocycles. The van der Waals surface area contributed by atoms with Crippen molar-refractivity contribution in [1.82, 2.24) is 5.32 Å². The van der Waals surface area contributed by atoms with E-state index in [0.717, 1.165) is 19.1 Å². The molecule has 0 amide bonds. The van der Waals surface area contributed by atoms with Crippen LogP contribution >= 0.6 is 0 Å². The van der Waals surface area contributed by atoms with Gasteiger partial charge in [-0.2, -0.15) is 0 Å². The van der Waals surface area contributed by atoms with Gasteiger partial charge in [0.2, 0.25) is 0 Å². The van der Waals surface area contributed by atoms with E-state index in [1.54, 1.807) is 0 Å². The Labute approximate surface area is 81.4 Å². The van der Waals surface area contributed by atoms with Crippen molar-refractivity contribution < 1.29 is 4.74 Å². The molecule has 1 saturated heterocycles. The van der Waals surface area contributed by atoms with Gasteiger partial charge in [-0.05, 0) is 32.6 Å². The fourth-order valence-electron chi connectivity index (χ4n) is 1.83. The Morgan fingerprint density at radius 3 is 2.54 bits per heavy atom. The molecule has 0 radical (unpaired) electrons. The maximum Gasteiger partial charge on any atom is 0.0469 e. The number of ether oxygens (including phenoxy) is 1. The summed E-state index contributed by atoms with van der Waals surface area (Å²) in [5.41, 5.74) is 0. The van der Waals surface area contributed by atoms with Crippen LogP contribution in [0.3, 0.4) is 0 Å². The molecule has 0 aromatic rings. The summed E-state index contributed by atoms with van der Waals surface area (Å²) in [4.78, 5) is 0. The number of rotatable bonds is 4. The monoisotopic (exact) mass is 183 g/mol. The van der Waals surface area contributed by atoms with Crippen molar-refractivity contribution in [2.75, 3.05) is 13.2 Å². The van der Waals surface area contributed by atoms with E-state index in [9.17, 15) is 0 Å². The second-order valence-corrected chi connectivity index (χ2v) is 3.93. The lowest BCUT2D eigenvalue weighted by Gasteiger charge is -2.29. The zero-order chi connectivity index (χ0) is 9.68. The molecular formula is C11H21NO. The Bertz CT molecular complexity index is 152. The number of hydrogen-bond acceptors (Lipinski definition) is 2. The number of hydrogen-bond donors (Lipinski definition) is 1. The molecule has 2 unspecified atom stereocenters. The predicted molar refractivity (Wildman–Crippen MR) is 55.8 cm³/mol. The van der Waals surface area contributed by atoms with Gasteiger partial charge in [0, 0.05) is 25.3 Å². The average Bonchev–Trinajstić information content (AvgIpc) is 2.19. The first kappa shape index (κ1) is 10.7. The standard InChI is InChI=1S/C11H21NO/c1-4-9(2)12-10(3)11-5-7-13-8-6-11/h4,9-12H,1,5-8H2,2-3H3. The van der Waals surface area contributed by atoms with Crippen molar-refractivity contribution >= 4 is 0 Å². The zero-order valence-electron chi connectivity index (χ0n) is 8.75. The Kier molecular flexibility index (Phi) is 4.46. The molecule has 1 aliphatic heterocycles. The Balaban J connectivity index is 2.28. The summed E-state index contributed by atoms with van der Waals surface area (Å²) < 4.78 is 5.33. The van der Waals surface area contributed by atoms with Crippen LogP contribution in [0.2, 0.25) is 0 Å². The second-order valence-electron chi connectivity index (χ2n) is 3.93. The summed E-state index contributed by atoms with van der Waals surface area (Å²) in [6, 6.07) is 0.995. The molecule has 13 heavy (non-hydrogen) atoms. The largest absolute Gasteiger partial charge is 0.381 e. The maximum atomic E-state index is 5.33. The van der Waals surface area contributed by atoms with E-state index in [-0.39, 0.29) is 0 Å². The highest BCUT2D eigenvalue weighted by Crippen LogP contribution is 2.18. The maximum absolute atomic E-state index is 5.33. The highest BCUT2D eigenvalue weighted by Gasteiger charge is 2.20. The molecule has 0 aromatic heterocycles. The van der Waals surface area contributed by atoms with Crippen molar-refractivity contribution in [1.29, 1.82) is 0 Å². The van der Waals surface area contributed by atoms with Gasteiger partial charge in [0.05, 0.1) is 0 Å². The van der Waals surface area contributed by atoms with Crippen LogP contribution in [0.5, 0.6) is 0 Å². The minimum absolute atomic E-state index is 0.415. The molecule has 76 valence electrons. The lowest BCUT2D eigenvalue weighted by molar-refractivity contribution is 0.0553. The Morgan fingerprint density at radius 1 is 1.38 bits per heavy atom. The van der Waals surface area contributed by atoms with Gasteiger partial charge in [-0.15, -0.1) is 6.58 Å². The highest BCUT2D eigenvalue weighted by atomic mass is 16.5. The normalized spacial score (nSPS) is 23.8. The van der Waals surface area contributed by atoms with Crippen LogP contribution < -0.4 is 5.32 Å². The summed E-state index contributed by atoms with van der Waals surface area (Å²) in [5, 5.41) is 3.53. The fourth-order valence-corrected chi connectivity index (χ4v) is 1.83. The van der Waals surface area contributed by atoms with Crippen LogP contribution in [-0.2, 0) is 4.74 Å². The molecule has 1 N–H and O–H groups in total. The summed E-state index contributed by atoms with van der Waals surface area (Å²) in [5.74, 6) is 0.774. The summed E-state index contributed by atoms with van der Waals surface area (Å²) in [7, 11) is 0. The summed E-state index contributed by atoms with van der Waals surface area (Å²) >= 11 is 0. The highest BCUT2D eigenvalue weighted by molar-refractivity contribution is 4.85. The molecule has 0 aliphatic carbocycles. The van der Waals surface area contributed by atoms with Crippen LogP contribution in [0.4, 0.5) is 0 Å². The third-order valence-corrected chi connectivity index (χ3v) is 2.85. The minimum atomic E-state index is 0.415. The molecule has 1 rings (SSSR count). The second kappa shape index (κ2) is 5.40. The van der Waals surface area contributed by atoms with Crippen molar-refractivity contribution in [3.05, 3.63) is 12.7 Å². The van der Waals surface area contributed by atoms with Gasteiger partial charge in [-0.1, -0.05) is 6.08 Å². The van der Waals surface area contributed by atoms with Gasteiger partial charge in [0.1, 0.15) is 0 Å². The van der Waals surface area contributed by atoms with E-state index < -0.39 is 0 Å². The molecule has 1 fully saturated rings. The number of nitrogens with one attached hydrogen (secondary N) is 1. The van der Waals surface area contributed by atoms with E-state index in [1.165, 1.54) is 12.8 Å². The molecule has 1 aliphatic rings. The minimum Gasteiger partial charge on any atom is -0.381 e. The lowest BCUT2D eigenvalue weighted by atomic mass is 9.92. The van der Waals surface area contributed by atoms with Crippen LogP contribution in [0.1, 0.15) is 26.7 Å². The van der Waals surface area contributed by atoms with Gasteiger partial charge in [0.25, 0.3) is 0 Å². The predicted octanol–water partition coefficient (Wildman–Crippen LogP) is 1.97. The van der Waals surface area contributed by atoms with Crippen LogP contribution in [0.15, 0.2) is 12.7 Å². The fraction of sp³-hybridized carbons (Fsp3) is 0.818. The van der Waals surface area contributed by atoms with Crippen molar-refractivity contribution in [2.45, 2.75) is 38.8 Å². The molecule has 2 atom stereocenters. The molecule has 2 nitrogen and oxygen atoms in total. The molecule has 2 heteroatoms.